The van der Waals surface area contributed by atoms with E-state index in [4.69, 9.17) is 0 Å². The van der Waals surface area contributed by atoms with Gasteiger partial charge in [0, 0.05) is 43.1 Å². The van der Waals surface area contributed by atoms with Crippen LogP contribution in [0.2, 0.25) is 0 Å². The fraction of sp³-hybridized carbons (Fsp3) is 0.200. The number of hydrogen-bond acceptors (Lipinski definition) is 2. The minimum atomic E-state index is 0.0907. The fourth-order valence-electron chi connectivity index (χ4n) is 5.66. The van der Waals surface area contributed by atoms with Gasteiger partial charge in [0.25, 0.3) is 0 Å². The second-order valence-electron chi connectivity index (χ2n) is 14.3. The third kappa shape index (κ3) is 9.32. The second kappa shape index (κ2) is 15.6. The lowest BCUT2D eigenvalue weighted by Gasteiger charge is -2.27. The molecule has 0 radical (unpaired) electrons. The summed E-state index contributed by atoms with van der Waals surface area (Å²) in [6.45, 7) is 15.6. The maximum absolute atomic E-state index is 3.61. The molecule has 0 aliphatic rings. The smallest absolute Gasteiger partial charge is 0.0462 e. The van der Waals surface area contributed by atoms with Crippen LogP contribution in [0.1, 0.15) is 65.2 Å². The highest BCUT2D eigenvalue weighted by Crippen LogP contribution is 2.37. The first-order chi connectivity index (χ1) is 23.3. The average molecular weight is 775 g/mol. The van der Waals surface area contributed by atoms with Crippen molar-refractivity contribution in [1.82, 2.24) is 0 Å². The number of halogens is 2. The molecule has 0 N–H and O–H groups in total. The van der Waals surface area contributed by atoms with Crippen LogP contribution >= 0.6 is 31.9 Å². The normalized spacial score (nSPS) is 12.6. The van der Waals surface area contributed by atoms with E-state index in [1.165, 1.54) is 11.1 Å². The summed E-state index contributed by atoms with van der Waals surface area (Å²) in [5, 5.41) is 0. The van der Waals surface area contributed by atoms with E-state index in [0.717, 1.165) is 48.6 Å². The summed E-state index contributed by atoms with van der Waals surface area (Å²) in [7, 11) is 0. The first kappa shape index (κ1) is 36.2. The predicted molar refractivity (Wildman–Crippen MR) is 221 cm³/mol. The summed E-state index contributed by atoms with van der Waals surface area (Å²) in [4.78, 5) is 4.60. The van der Waals surface area contributed by atoms with E-state index >= 15 is 0 Å². The Labute approximate surface area is 310 Å². The number of rotatable bonds is 9. The molecule has 0 heterocycles. The number of hydrogen-bond donors (Lipinski definition) is 0. The maximum atomic E-state index is 3.61. The van der Waals surface area contributed by atoms with Gasteiger partial charge in [-0.2, -0.15) is 0 Å². The van der Waals surface area contributed by atoms with E-state index in [1.807, 2.05) is 0 Å². The first-order valence-corrected chi connectivity index (χ1v) is 18.4. The molecule has 5 aromatic carbocycles. The van der Waals surface area contributed by atoms with Crippen LogP contribution in [0.4, 0.5) is 28.4 Å². The van der Waals surface area contributed by atoms with Crippen molar-refractivity contribution >= 4 is 66.4 Å². The molecule has 5 rings (SSSR count). The number of nitrogens with zero attached hydrogens (tertiary/aromatic N) is 2. The van der Waals surface area contributed by atoms with Crippen molar-refractivity contribution in [3.63, 3.8) is 0 Å². The van der Waals surface area contributed by atoms with Crippen LogP contribution in [0.5, 0.6) is 0 Å². The van der Waals surface area contributed by atoms with Gasteiger partial charge in [0.2, 0.25) is 0 Å². The Morgan fingerprint density at radius 2 is 0.878 bits per heavy atom. The van der Waals surface area contributed by atoms with Gasteiger partial charge in [0.1, 0.15) is 0 Å². The van der Waals surface area contributed by atoms with Crippen molar-refractivity contribution < 1.29 is 0 Å². The minimum absolute atomic E-state index is 0.0907. The van der Waals surface area contributed by atoms with Crippen LogP contribution in [0.15, 0.2) is 160 Å². The van der Waals surface area contributed by atoms with E-state index < -0.39 is 0 Å². The van der Waals surface area contributed by atoms with Gasteiger partial charge in [-0.1, -0.05) is 128 Å². The minimum Gasteiger partial charge on any atom is -0.311 e. The van der Waals surface area contributed by atoms with Gasteiger partial charge >= 0.3 is 0 Å². The molecular weight excluding hydrogens is 728 g/mol. The van der Waals surface area contributed by atoms with Crippen molar-refractivity contribution in [3.8, 4) is 0 Å². The second-order valence-corrected chi connectivity index (χ2v) is 16.1. The van der Waals surface area contributed by atoms with E-state index in [-0.39, 0.29) is 10.8 Å². The molecule has 5 aromatic rings. The lowest BCUT2D eigenvalue weighted by Crippen LogP contribution is -2.16. The van der Waals surface area contributed by atoms with Crippen molar-refractivity contribution in [2.45, 2.75) is 59.3 Å². The van der Waals surface area contributed by atoms with E-state index in [2.05, 4.69) is 242 Å². The highest BCUT2D eigenvalue weighted by Gasteiger charge is 2.18. The van der Waals surface area contributed by atoms with Gasteiger partial charge in [-0.3, -0.25) is 0 Å². The fourth-order valence-corrected chi connectivity index (χ4v) is 6.19. The topological polar surface area (TPSA) is 6.48 Å². The molecular formula is C45H46Br2N2. The highest BCUT2D eigenvalue weighted by molar-refractivity contribution is 9.10. The average Bonchev–Trinajstić information content (AvgIpc) is 3.07. The summed E-state index contributed by atoms with van der Waals surface area (Å²) < 4.78 is 2.12. The van der Waals surface area contributed by atoms with E-state index in [0.29, 0.717) is 0 Å². The zero-order valence-corrected chi connectivity index (χ0v) is 32.8. The lowest BCUT2D eigenvalue weighted by molar-refractivity contribution is 0.590. The highest BCUT2D eigenvalue weighted by atomic mass is 79.9. The standard InChI is InChI=1S/C45H46Br2N2/c1-8-10-38(48(42-29-19-36(46)20-30-42)40-25-15-34(16-26-40)44(2,3)4)12-9-11-33-13-23-39(24-14-33)49(43-31-21-37(47)22-32-43)41-27-17-35(18-28-41)45(5,6)7/h8-32H,1-7H3/b10-8-,11-9+,38-12+. The molecule has 0 atom stereocenters. The molecule has 49 heavy (non-hydrogen) atoms. The molecule has 0 aliphatic carbocycles. The van der Waals surface area contributed by atoms with Crippen molar-refractivity contribution in [2.75, 3.05) is 9.80 Å². The molecule has 0 aromatic heterocycles. The zero-order chi connectivity index (χ0) is 35.2. The van der Waals surface area contributed by atoms with Gasteiger partial charge < -0.3 is 9.80 Å². The molecule has 250 valence electrons. The third-order valence-corrected chi connectivity index (χ3v) is 9.51. The monoisotopic (exact) mass is 772 g/mol. The van der Waals surface area contributed by atoms with E-state index in [1.54, 1.807) is 0 Å². The third-order valence-electron chi connectivity index (χ3n) is 8.46. The quantitative estimate of drug-likeness (QED) is 0.138. The zero-order valence-electron chi connectivity index (χ0n) is 29.6. The summed E-state index contributed by atoms with van der Waals surface area (Å²) >= 11 is 7.21. The van der Waals surface area contributed by atoms with Crippen molar-refractivity contribution in [2.24, 2.45) is 0 Å². The van der Waals surface area contributed by atoms with Crippen molar-refractivity contribution in [1.29, 1.82) is 0 Å². The van der Waals surface area contributed by atoms with Gasteiger partial charge in [-0.15, -0.1) is 0 Å². The summed E-state index contributed by atoms with van der Waals surface area (Å²) in [6.07, 6.45) is 10.7. The van der Waals surface area contributed by atoms with Crippen LogP contribution in [0, 0.1) is 0 Å². The van der Waals surface area contributed by atoms with Crippen LogP contribution in [0.3, 0.4) is 0 Å². The molecule has 0 aliphatic heterocycles. The Morgan fingerprint density at radius 3 is 1.29 bits per heavy atom. The Morgan fingerprint density at radius 1 is 0.510 bits per heavy atom. The molecule has 0 fully saturated rings. The van der Waals surface area contributed by atoms with Gasteiger partial charge in [-0.25, -0.2) is 0 Å². The maximum Gasteiger partial charge on any atom is 0.0462 e. The molecule has 0 saturated carbocycles. The Bertz CT molecular complexity index is 1900. The van der Waals surface area contributed by atoms with Crippen LogP contribution in [-0.4, -0.2) is 0 Å². The SMILES string of the molecule is C\C=C/C(=C\C=C\c1ccc(N(c2ccc(Br)cc2)c2ccc(C(C)(C)C)cc2)cc1)N(c1ccc(Br)cc1)c1ccc(C(C)(C)C)cc1. The van der Waals surface area contributed by atoms with Gasteiger partial charge in [0.15, 0.2) is 0 Å². The summed E-state index contributed by atoms with van der Waals surface area (Å²) in [6, 6.07) is 43.5. The summed E-state index contributed by atoms with van der Waals surface area (Å²) in [5.74, 6) is 0. The van der Waals surface area contributed by atoms with Crippen LogP contribution < -0.4 is 9.80 Å². The predicted octanol–water partition coefficient (Wildman–Crippen LogP) is 14.6. The van der Waals surface area contributed by atoms with Gasteiger partial charge in [0.05, 0.1) is 0 Å². The van der Waals surface area contributed by atoms with Crippen LogP contribution in [0.25, 0.3) is 6.08 Å². The molecule has 0 unspecified atom stereocenters. The van der Waals surface area contributed by atoms with Gasteiger partial charge in [-0.05, 0) is 132 Å². The molecule has 0 saturated heterocycles. The number of benzene rings is 5. The number of allylic oxidation sites excluding steroid dienone is 4. The van der Waals surface area contributed by atoms with E-state index in [9.17, 15) is 0 Å². The van der Waals surface area contributed by atoms with Crippen LogP contribution in [-0.2, 0) is 10.8 Å². The summed E-state index contributed by atoms with van der Waals surface area (Å²) in [5.41, 5.74) is 10.6. The molecule has 0 amide bonds. The lowest BCUT2D eigenvalue weighted by atomic mass is 9.87. The molecule has 4 heteroatoms. The molecule has 0 spiro atoms. The van der Waals surface area contributed by atoms with Crippen molar-refractivity contribution in [3.05, 3.63) is 177 Å². The largest absolute Gasteiger partial charge is 0.311 e. The molecule has 0 bridgehead atoms. The number of anilines is 5. The Balaban J connectivity index is 1.46. The Hall–Kier alpha value is -4.12. The molecule has 2 nitrogen and oxygen atoms in total. The Kier molecular flexibility index (Phi) is 11.5. The first-order valence-electron chi connectivity index (χ1n) is 16.8.